The van der Waals surface area contributed by atoms with Crippen LogP contribution in [0.25, 0.3) is 0 Å². The summed E-state index contributed by atoms with van der Waals surface area (Å²) < 4.78 is 4.84. The summed E-state index contributed by atoms with van der Waals surface area (Å²) in [4.78, 5) is 24.3. The lowest BCUT2D eigenvalue weighted by Gasteiger charge is -2.23. The number of carbonyl (C=O) groups is 1. The van der Waals surface area contributed by atoms with Gasteiger partial charge in [-0.3, -0.25) is 10.1 Å². The highest BCUT2D eigenvalue weighted by molar-refractivity contribution is 6.18. The van der Waals surface area contributed by atoms with Gasteiger partial charge in [-0.1, -0.05) is 0 Å². The highest BCUT2D eigenvalue weighted by atomic mass is 35.5. The van der Waals surface area contributed by atoms with E-state index in [2.05, 4.69) is 10.2 Å². The summed E-state index contributed by atoms with van der Waals surface area (Å²) in [6.45, 7) is 1.14. The average molecular weight is 425 g/mol. The smallest absolute Gasteiger partial charge is 0.340 e. The molecule has 0 bridgehead atoms. The molecule has 28 heavy (non-hydrogen) atoms. The third-order valence-electron chi connectivity index (χ3n) is 3.79. The highest BCUT2D eigenvalue weighted by Crippen LogP contribution is 2.28. The summed E-state index contributed by atoms with van der Waals surface area (Å²) in [5.74, 6) is 0.258. The lowest BCUT2D eigenvalue weighted by Crippen LogP contribution is -2.27. The van der Waals surface area contributed by atoms with E-state index in [-0.39, 0.29) is 11.3 Å². The van der Waals surface area contributed by atoms with Gasteiger partial charge in [-0.05, 0) is 30.3 Å². The topological polar surface area (TPSA) is 97.4 Å². The Balaban J connectivity index is 2.34. The van der Waals surface area contributed by atoms with E-state index < -0.39 is 10.9 Å². The molecule has 2 aromatic carbocycles. The normalized spacial score (nSPS) is 10.8. The Bertz CT molecular complexity index is 853. The lowest BCUT2D eigenvalue weighted by atomic mass is 10.1. The molecule has 0 atom stereocenters. The zero-order chi connectivity index (χ0) is 20.5. The van der Waals surface area contributed by atoms with Gasteiger partial charge in [0.1, 0.15) is 5.69 Å². The van der Waals surface area contributed by atoms with Crippen LogP contribution in [0.3, 0.4) is 0 Å². The van der Waals surface area contributed by atoms with Gasteiger partial charge in [0, 0.05) is 42.7 Å². The monoisotopic (exact) mass is 424 g/mol. The molecule has 0 aliphatic carbocycles. The number of benzene rings is 2. The molecule has 10 heteroatoms. The number of esters is 1. The summed E-state index contributed by atoms with van der Waals surface area (Å²) in [6, 6.07) is 10.7. The predicted molar refractivity (Wildman–Crippen MR) is 109 cm³/mol. The first kappa shape index (κ1) is 21.6. The van der Waals surface area contributed by atoms with Gasteiger partial charge in [-0.15, -0.1) is 28.3 Å². The maximum atomic E-state index is 12.2. The highest BCUT2D eigenvalue weighted by Gasteiger charge is 2.15. The number of non-ortho nitro benzene ring substituents is 1. The number of hydrogen-bond acceptors (Lipinski definition) is 7. The summed E-state index contributed by atoms with van der Waals surface area (Å²) in [7, 11) is 1.28. The molecule has 8 nitrogen and oxygen atoms in total. The molecule has 0 aliphatic heterocycles. The van der Waals surface area contributed by atoms with Gasteiger partial charge < -0.3 is 9.64 Å². The van der Waals surface area contributed by atoms with E-state index in [0.717, 1.165) is 5.69 Å². The van der Waals surface area contributed by atoms with Crippen LogP contribution in [-0.2, 0) is 4.74 Å². The number of anilines is 1. The number of azo groups is 1. The summed E-state index contributed by atoms with van der Waals surface area (Å²) in [5, 5.41) is 18.8. The van der Waals surface area contributed by atoms with Crippen molar-refractivity contribution in [2.75, 3.05) is 36.9 Å². The van der Waals surface area contributed by atoms with E-state index in [1.165, 1.54) is 31.4 Å². The molecule has 0 heterocycles. The van der Waals surface area contributed by atoms with E-state index in [0.29, 0.717) is 36.2 Å². The molecular formula is C18H18Cl2N4O4. The van der Waals surface area contributed by atoms with Gasteiger partial charge in [0.2, 0.25) is 0 Å². The second kappa shape index (κ2) is 10.6. The minimum atomic E-state index is -0.559. The first-order valence-electron chi connectivity index (χ1n) is 8.25. The van der Waals surface area contributed by atoms with Gasteiger partial charge in [0.05, 0.1) is 23.3 Å². The summed E-state index contributed by atoms with van der Waals surface area (Å²) >= 11 is 11.7. The summed E-state index contributed by atoms with van der Waals surface area (Å²) in [5.41, 5.74) is 1.68. The predicted octanol–water partition coefficient (Wildman–Crippen LogP) is 5.08. The zero-order valence-electron chi connectivity index (χ0n) is 15.0. The number of rotatable bonds is 9. The van der Waals surface area contributed by atoms with E-state index in [9.17, 15) is 14.9 Å². The quantitative estimate of drug-likeness (QED) is 0.183. The third kappa shape index (κ3) is 5.64. The van der Waals surface area contributed by atoms with Crippen LogP contribution in [0.4, 0.5) is 22.7 Å². The average Bonchev–Trinajstić information content (AvgIpc) is 2.71. The maximum Gasteiger partial charge on any atom is 0.340 e. The second-order valence-corrected chi connectivity index (χ2v) is 6.29. The Morgan fingerprint density at radius 2 is 1.75 bits per heavy atom. The number of hydrogen-bond donors (Lipinski definition) is 0. The molecule has 0 saturated carbocycles. The van der Waals surface area contributed by atoms with Crippen molar-refractivity contribution in [3.63, 3.8) is 0 Å². The van der Waals surface area contributed by atoms with E-state index in [1.807, 2.05) is 4.90 Å². The molecule has 0 aliphatic rings. The molecule has 0 fully saturated rings. The number of nitro benzene ring substituents is 1. The molecule has 0 radical (unpaired) electrons. The minimum Gasteiger partial charge on any atom is -0.465 e. The molecule has 0 amide bonds. The van der Waals surface area contributed by atoms with E-state index in [4.69, 9.17) is 27.9 Å². The lowest BCUT2D eigenvalue weighted by molar-refractivity contribution is -0.384. The SMILES string of the molecule is COC(=O)c1cc(N(CCCl)CCCl)ccc1N=Nc1ccc([N+](=O)[O-])cc1. The Morgan fingerprint density at radius 3 is 2.29 bits per heavy atom. The van der Waals surface area contributed by atoms with Crippen LogP contribution in [0.1, 0.15) is 10.4 Å². The van der Waals surface area contributed by atoms with Crippen molar-refractivity contribution in [3.05, 3.63) is 58.1 Å². The van der Waals surface area contributed by atoms with Gasteiger partial charge in [0.15, 0.2) is 0 Å². The number of carbonyl (C=O) groups excluding carboxylic acids is 1. The van der Waals surface area contributed by atoms with Crippen molar-refractivity contribution in [1.82, 2.24) is 0 Å². The number of ether oxygens (including phenoxy) is 1. The van der Waals surface area contributed by atoms with Gasteiger partial charge in [-0.2, -0.15) is 5.11 Å². The molecule has 148 valence electrons. The van der Waals surface area contributed by atoms with Crippen molar-refractivity contribution in [3.8, 4) is 0 Å². The first-order valence-corrected chi connectivity index (χ1v) is 9.32. The zero-order valence-corrected chi connectivity index (χ0v) is 16.6. The molecule has 0 spiro atoms. The van der Waals surface area contributed by atoms with Crippen LogP contribution >= 0.6 is 23.2 Å². The van der Waals surface area contributed by atoms with Gasteiger partial charge >= 0.3 is 5.97 Å². The van der Waals surface area contributed by atoms with Crippen molar-refractivity contribution in [2.24, 2.45) is 10.2 Å². The second-order valence-electron chi connectivity index (χ2n) is 5.53. The van der Waals surface area contributed by atoms with Gasteiger partial charge in [0.25, 0.3) is 5.69 Å². The van der Waals surface area contributed by atoms with Crippen LogP contribution in [0, 0.1) is 10.1 Å². The Labute approximate surface area is 171 Å². The molecule has 2 aromatic rings. The minimum absolute atomic E-state index is 0.0442. The number of methoxy groups -OCH3 is 1. The van der Waals surface area contributed by atoms with Gasteiger partial charge in [-0.25, -0.2) is 4.79 Å². The van der Waals surface area contributed by atoms with Crippen LogP contribution in [0.15, 0.2) is 52.7 Å². The molecule has 2 rings (SSSR count). The van der Waals surface area contributed by atoms with E-state index in [1.54, 1.807) is 18.2 Å². The fourth-order valence-electron chi connectivity index (χ4n) is 2.41. The Kier molecular flexibility index (Phi) is 8.16. The fourth-order valence-corrected chi connectivity index (χ4v) is 2.82. The number of nitro groups is 1. The first-order chi connectivity index (χ1) is 13.5. The van der Waals surface area contributed by atoms with Crippen molar-refractivity contribution in [2.45, 2.75) is 0 Å². The molecule has 0 saturated heterocycles. The van der Waals surface area contributed by atoms with Crippen molar-refractivity contribution >= 4 is 51.9 Å². The number of nitrogens with zero attached hydrogens (tertiary/aromatic N) is 4. The molecule has 0 unspecified atom stereocenters. The molecular weight excluding hydrogens is 407 g/mol. The summed E-state index contributed by atoms with van der Waals surface area (Å²) in [6.07, 6.45) is 0. The third-order valence-corrected chi connectivity index (χ3v) is 4.13. The van der Waals surface area contributed by atoms with Crippen LogP contribution in [0.5, 0.6) is 0 Å². The Hall–Kier alpha value is -2.71. The molecule has 0 aromatic heterocycles. The van der Waals surface area contributed by atoms with Crippen LogP contribution in [-0.4, -0.2) is 42.9 Å². The van der Waals surface area contributed by atoms with Crippen molar-refractivity contribution in [1.29, 1.82) is 0 Å². The van der Waals surface area contributed by atoms with Crippen molar-refractivity contribution < 1.29 is 14.5 Å². The number of alkyl halides is 2. The van der Waals surface area contributed by atoms with E-state index >= 15 is 0 Å². The van der Waals surface area contributed by atoms with Crippen LogP contribution < -0.4 is 4.90 Å². The fraction of sp³-hybridized carbons (Fsp3) is 0.278. The number of halogens is 2. The standard InChI is InChI=1S/C18H18Cl2N4O4/c1-28-18(25)16-12-15(23(10-8-19)11-9-20)6-7-17(16)22-21-13-2-4-14(5-3-13)24(26)27/h2-7,12H,8-11H2,1H3. The largest absolute Gasteiger partial charge is 0.465 e. The Morgan fingerprint density at radius 1 is 1.11 bits per heavy atom. The van der Waals surface area contributed by atoms with Crippen LogP contribution in [0.2, 0.25) is 0 Å². The molecule has 0 N–H and O–H groups in total. The maximum absolute atomic E-state index is 12.2.